The van der Waals surface area contributed by atoms with Crippen LogP contribution < -0.4 is 10.6 Å². The molecule has 140 valence electrons. The van der Waals surface area contributed by atoms with E-state index in [9.17, 15) is 14.4 Å². The summed E-state index contributed by atoms with van der Waals surface area (Å²) in [5.74, 6) is -0.569. The first-order chi connectivity index (χ1) is 13.0. The summed E-state index contributed by atoms with van der Waals surface area (Å²) in [5, 5.41) is 13.7. The van der Waals surface area contributed by atoms with Crippen molar-refractivity contribution in [3.63, 3.8) is 0 Å². The number of hydrogen-bond donors (Lipinski definition) is 3. The zero-order chi connectivity index (χ0) is 19.2. The molecule has 3 rings (SSSR count). The van der Waals surface area contributed by atoms with Crippen LogP contribution in [0.15, 0.2) is 54.6 Å². The lowest BCUT2D eigenvalue weighted by Gasteiger charge is -2.07. The number of hydrogen-bond acceptors (Lipinski definition) is 3. The molecule has 1 saturated carbocycles. The van der Waals surface area contributed by atoms with E-state index in [1.165, 1.54) is 5.56 Å². The Bertz CT molecular complexity index is 818. The number of carboxylic acids is 1. The summed E-state index contributed by atoms with van der Waals surface area (Å²) in [7, 11) is 0. The van der Waals surface area contributed by atoms with E-state index in [0.29, 0.717) is 23.9 Å². The van der Waals surface area contributed by atoms with Gasteiger partial charge in [0.15, 0.2) is 0 Å². The molecule has 0 aliphatic heterocycles. The number of anilines is 1. The second kappa shape index (κ2) is 8.49. The van der Waals surface area contributed by atoms with E-state index in [2.05, 4.69) is 22.8 Å². The number of amides is 2. The van der Waals surface area contributed by atoms with Gasteiger partial charge in [-0.2, -0.15) is 0 Å². The van der Waals surface area contributed by atoms with E-state index >= 15 is 0 Å². The highest BCUT2D eigenvalue weighted by Crippen LogP contribution is 2.49. The van der Waals surface area contributed by atoms with Crippen LogP contribution >= 0.6 is 0 Å². The zero-order valence-electron chi connectivity index (χ0n) is 14.9. The van der Waals surface area contributed by atoms with Crippen LogP contribution in [0.5, 0.6) is 0 Å². The molecule has 2 aromatic rings. The van der Waals surface area contributed by atoms with Gasteiger partial charge in [-0.3, -0.25) is 14.4 Å². The summed E-state index contributed by atoms with van der Waals surface area (Å²) in [4.78, 5) is 34.3. The third-order valence-electron chi connectivity index (χ3n) is 4.64. The SMILES string of the molecule is O=C(O)CNC(=O)Cc1ccc(NC(=O)C[C@@H]2C[C@H]2c2ccccc2)cc1. The molecule has 2 aromatic carbocycles. The highest BCUT2D eigenvalue weighted by atomic mass is 16.4. The minimum absolute atomic E-state index is 0.00891. The van der Waals surface area contributed by atoms with Gasteiger partial charge in [-0.25, -0.2) is 0 Å². The third kappa shape index (κ3) is 5.67. The Balaban J connectivity index is 1.44. The molecular weight excluding hydrogens is 344 g/mol. The molecular formula is C21H22N2O4. The Morgan fingerprint density at radius 3 is 2.33 bits per heavy atom. The average molecular weight is 366 g/mol. The quantitative estimate of drug-likeness (QED) is 0.669. The Morgan fingerprint density at radius 2 is 1.67 bits per heavy atom. The molecule has 6 heteroatoms. The van der Waals surface area contributed by atoms with Crippen molar-refractivity contribution in [1.29, 1.82) is 0 Å². The summed E-state index contributed by atoms with van der Waals surface area (Å²) >= 11 is 0. The maximum atomic E-state index is 12.2. The second-order valence-electron chi connectivity index (χ2n) is 6.81. The van der Waals surface area contributed by atoms with Crippen LogP contribution in [0.25, 0.3) is 0 Å². The molecule has 1 fully saturated rings. The van der Waals surface area contributed by atoms with Crippen molar-refractivity contribution in [3.8, 4) is 0 Å². The van der Waals surface area contributed by atoms with Crippen LogP contribution in [-0.2, 0) is 20.8 Å². The number of benzene rings is 2. The van der Waals surface area contributed by atoms with Gasteiger partial charge in [-0.15, -0.1) is 0 Å². The Labute approximate surface area is 157 Å². The predicted molar refractivity (Wildman–Crippen MR) is 101 cm³/mol. The smallest absolute Gasteiger partial charge is 0.322 e. The van der Waals surface area contributed by atoms with Gasteiger partial charge < -0.3 is 15.7 Å². The number of rotatable bonds is 8. The molecule has 0 spiro atoms. The fraction of sp³-hybridized carbons (Fsp3) is 0.286. The maximum absolute atomic E-state index is 12.2. The molecule has 27 heavy (non-hydrogen) atoms. The molecule has 0 unspecified atom stereocenters. The van der Waals surface area contributed by atoms with Crippen LogP contribution in [-0.4, -0.2) is 29.4 Å². The van der Waals surface area contributed by atoms with Gasteiger partial charge in [0.1, 0.15) is 6.54 Å². The summed E-state index contributed by atoms with van der Waals surface area (Å²) < 4.78 is 0. The standard InChI is InChI=1S/C21H22N2O4/c24-19(22-13-21(26)27)10-14-6-8-17(9-7-14)23-20(25)12-16-11-18(16)15-4-2-1-3-5-15/h1-9,16,18H,10-13H2,(H,22,24)(H,23,25)(H,26,27)/t16-,18-/m0/s1. The van der Waals surface area contributed by atoms with E-state index < -0.39 is 12.5 Å². The van der Waals surface area contributed by atoms with Crippen molar-refractivity contribution in [2.45, 2.75) is 25.2 Å². The number of carbonyl (C=O) groups excluding carboxylic acids is 2. The lowest BCUT2D eigenvalue weighted by Crippen LogP contribution is -2.30. The van der Waals surface area contributed by atoms with E-state index in [-0.39, 0.29) is 18.2 Å². The van der Waals surface area contributed by atoms with Crippen molar-refractivity contribution < 1.29 is 19.5 Å². The van der Waals surface area contributed by atoms with Crippen LogP contribution in [0.4, 0.5) is 5.69 Å². The van der Waals surface area contributed by atoms with Crippen molar-refractivity contribution >= 4 is 23.5 Å². The largest absolute Gasteiger partial charge is 0.480 e. The number of carbonyl (C=O) groups is 3. The lowest BCUT2D eigenvalue weighted by molar-refractivity contribution is -0.137. The normalized spacial score (nSPS) is 17.8. The van der Waals surface area contributed by atoms with Crippen molar-refractivity contribution in [2.24, 2.45) is 5.92 Å². The molecule has 6 nitrogen and oxygen atoms in total. The van der Waals surface area contributed by atoms with E-state index in [1.54, 1.807) is 24.3 Å². The summed E-state index contributed by atoms with van der Waals surface area (Å²) in [6.07, 6.45) is 1.64. The summed E-state index contributed by atoms with van der Waals surface area (Å²) in [5.41, 5.74) is 2.73. The summed E-state index contributed by atoms with van der Waals surface area (Å²) in [6, 6.07) is 17.2. The van der Waals surface area contributed by atoms with Crippen LogP contribution in [0.2, 0.25) is 0 Å². The molecule has 0 radical (unpaired) electrons. The van der Waals surface area contributed by atoms with Crippen LogP contribution in [0.1, 0.15) is 29.9 Å². The lowest BCUT2D eigenvalue weighted by atomic mass is 10.1. The van der Waals surface area contributed by atoms with E-state index in [0.717, 1.165) is 12.0 Å². The zero-order valence-corrected chi connectivity index (χ0v) is 14.9. The fourth-order valence-corrected chi connectivity index (χ4v) is 3.16. The predicted octanol–water partition coefficient (Wildman–Crippen LogP) is 2.56. The second-order valence-corrected chi connectivity index (χ2v) is 6.81. The highest BCUT2D eigenvalue weighted by molar-refractivity contribution is 5.91. The van der Waals surface area contributed by atoms with Gasteiger partial charge in [0.25, 0.3) is 0 Å². The fourth-order valence-electron chi connectivity index (χ4n) is 3.16. The minimum atomic E-state index is -1.08. The van der Waals surface area contributed by atoms with Gasteiger partial charge in [0.05, 0.1) is 6.42 Å². The average Bonchev–Trinajstić information content (AvgIpc) is 3.41. The first-order valence-electron chi connectivity index (χ1n) is 8.93. The first-order valence-corrected chi connectivity index (χ1v) is 8.93. The van der Waals surface area contributed by atoms with Crippen molar-refractivity contribution in [2.75, 3.05) is 11.9 Å². The maximum Gasteiger partial charge on any atom is 0.322 e. The van der Waals surface area contributed by atoms with Gasteiger partial charge in [-0.1, -0.05) is 42.5 Å². The van der Waals surface area contributed by atoms with Gasteiger partial charge in [0, 0.05) is 12.1 Å². The molecule has 0 bridgehead atoms. The first kappa shape index (κ1) is 18.6. The van der Waals surface area contributed by atoms with Crippen molar-refractivity contribution in [1.82, 2.24) is 5.32 Å². The van der Waals surface area contributed by atoms with E-state index in [4.69, 9.17) is 5.11 Å². The molecule has 1 aliphatic rings. The number of nitrogens with one attached hydrogen (secondary N) is 2. The monoisotopic (exact) mass is 366 g/mol. The minimum Gasteiger partial charge on any atom is -0.480 e. The Morgan fingerprint density at radius 1 is 0.963 bits per heavy atom. The number of aliphatic carboxylic acids is 1. The Hall–Kier alpha value is -3.15. The Kier molecular flexibility index (Phi) is 5.86. The molecule has 1 aliphatic carbocycles. The number of carboxylic acid groups (broad SMARTS) is 1. The van der Waals surface area contributed by atoms with Crippen molar-refractivity contribution in [3.05, 3.63) is 65.7 Å². The molecule has 2 amide bonds. The van der Waals surface area contributed by atoms with E-state index in [1.807, 2.05) is 18.2 Å². The van der Waals surface area contributed by atoms with Gasteiger partial charge >= 0.3 is 5.97 Å². The highest BCUT2D eigenvalue weighted by Gasteiger charge is 2.39. The topological polar surface area (TPSA) is 95.5 Å². The summed E-state index contributed by atoms with van der Waals surface area (Å²) in [6.45, 7) is -0.391. The van der Waals surface area contributed by atoms with Gasteiger partial charge in [0.2, 0.25) is 11.8 Å². The molecule has 0 aromatic heterocycles. The molecule has 2 atom stereocenters. The van der Waals surface area contributed by atoms with Crippen LogP contribution in [0, 0.1) is 5.92 Å². The molecule has 0 saturated heterocycles. The van der Waals surface area contributed by atoms with Crippen LogP contribution in [0.3, 0.4) is 0 Å². The van der Waals surface area contributed by atoms with Gasteiger partial charge in [-0.05, 0) is 41.5 Å². The molecule has 0 heterocycles. The third-order valence-corrected chi connectivity index (χ3v) is 4.64. The molecule has 3 N–H and O–H groups in total.